The van der Waals surface area contributed by atoms with Gasteiger partial charge in [0.2, 0.25) is 5.91 Å². The minimum atomic E-state index is -0.400. The predicted molar refractivity (Wildman–Crippen MR) is 120 cm³/mol. The van der Waals surface area contributed by atoms with Crippen LogP contribution >= 0.6 is 0 Å². The lowest BCUT2D eigenvalue weighted by atomic mass is 10.1. The molecule has 1 aliphatic rings. The van der Waals surface area contributed by atoms with Crippen LogP contribution in [0, 0.1) is 5.82 Å². The number of ether oxygens (including phenoxy) is 1. The number of nitrogen functional groups attached to an aromatic ring is 1. The maximum atomic E-state index is 13.4. The molecule has 1 amide bonds. The van der Waals surface area contributed by atoms with Gasteiger partial charge < -0.3 is 15.4 Å². The van der Waals surface area contributed by atoms with Crippen LogP contribution in [0.4, 0.5) is 10.2 Å². The number of rotatable bonds is 5. The van der Waals surface area contributed by atoms with Gasteiger partial charge in [-0.1, -0.05) is 12.6 Å². The molecule has 0 spiro atoms. The minimum absolute atomic E-state index is 0.161. The molecule has 33 heavy (non-hydrogen) atoms. The Morgan fingerprint density at radius 2 is 1.91 bits per heavy atom. The van der Waals surface area contributed by atoms with Crippen LogP contribution in [0.1, 0.15) is 6.04 Å². The standard InChI is InChI=1S/C23H19FN6O3/c1-2-19(31)28-11-16(12-28)30-22-20(21(25)26-13-27-22)29(23(30)32)15-6-8-17(9-7-15)33-18-5-3-4-14(24)10-18/h2-10,13,16H,1,11-12H2,(H2,25,26,27). The third-order valence-corrected chi connectivity index (χ3v) is 5.52. The maximum absolute atomic E-state index is 13.4. The minimum Gasteiger partial charge on any atom is -0.457 e. The molecule has 2 N–H and O–H groups in total. The number of halogens is 1. The molecule has 5 rings (SSSR count). The first kappa shape index (κ1) is 20.4. The van der Waals surface area contributed by atoms with E-state index in [0.29, 0.717) is 41.4 Å². The Morgan fingerprint density at radius 3 is 2.61 bits per heavy atom. The second-order valence-electron chi connectivity index (χ2n) is 7.57. The van der Waals surface area contributed by atoms with Crippen LogP contribution in [0.5, 0.6) is 11.5 Å². The van der Waals surface area contributed by atoms with Gasteiger partial charge >= 0.3 is 5.69 Å². The van der Waals surface area contributed by atoms with Crippen LogP contribution in [0.15, 0.2) is 72.3 Å². The average molecular weight is 446 g/mol. The molecule has 166 valence electrons. The zero-order valence-electron chi connectivity index (χ0n) is 17.4. The van der Waals surface area contributed by atoms with Crippen molar-refractivity contribution in [1.29, 1.82) is 0 Å². The summed E-state index contributed by atoms with van der Waals surface area (Å²) >= 11 is 0. The number of amides is 1. The number of imidazole rings is 1. The predicted octanol–water partition coefficient (Wildman–Crippen LogP) is 2.67. The van der Waals surface area contributed by atoms with Crippen molar-refractivity contribution in [3.63, 3.8) is 0 Å². The number of fused-ring (bicyclic) bond motifs is 1. The van der Waals surface area contributed by atoms with E-state index in [1.165, 1.54) is 33.7 Å². The Bertz CT molecular complexity index is 1440. The van der Waals surface area contributed by atoms with Crippen LogP contribution in [-0.2, 0) is 4.79 Å². The number of nitrogens with zero attached hydrogens (tertiary/aromatic N) is 5. The van der Waals surface area contributed by atoms with Gasteiger partial charge in [0.25, 0.3) is 0 Å². The van der Waals surface area contributed by atoms with Gasteiger partial charge in [-0.25, -0.2) is 19.2 Å². The zero-order valence-corrected chi connectivity index (χ0v) is 17.4. The molecular weight excluding hydrogens is 427 g/mol. The van der Waals surface area contributed by atoms with Crippen LogP contribution in [0.25, 0.3) is 16.9 Å². The van der Waals surface area contributed by atoms with Gasteiger partial charge in [-0.15, -0.1) is 0 Å². The molecule has 3 heterocycles. The first-order chi connectivity index (χ1) is 16.0. The van der Waals surface area contributed by atoms with E-state index in [-0.39, 0.29) is 23.5 Å². The van der Waals surface area contributed by atoms with Gasteiger partial charge in [-0.3, -0.25) is 13.9 Å². The van der Waals surface area contributed by atoms with Crippen molar-refractivity contribution in [2.24, 2.45) is 0 Å². The summed E-state index contributed by atoms with van der Waals surface area (Å²) in [6, 6.07) is 12.3. The van der Waals surface area contributed by atoms with Crippen LogP contribution in [0.2, 0.25) is 0 Å². The zero-order chi connectivity index (χ0) is 23.1. The summed E-state index contributed by atoms with van der Waals surface area (Å²) in [5, 5.41) is 0. The van der Waals surface area contributed by atoms with Crippen molar-refractivity contribution in [2.45, 2.75) is 6.04 Å². The summed E-state index contributed by atoms with van der Waals surface area (Å²) in [6.45, 7) is 4.23. The molecule has 2 aromatic carbocycles. The molecule has 0 bridgehead atoms. The topological polar surface area (TPSA) is 108 Å². The molecule has 0 aliphatic carbocycles. The first-order valence-electron chi connectivity index (χ1n) is 10.1. The summed E-state index contributed by atoms with van der Waals surface area (Å²) < 4.78 is 22.1. The molecule has 1 saturated heterocycles. The van der Waals surface area contributed by atoms with Crippen molar-refractivity contribution in [3.05, 3.63) is 83.8 Å². The number of hydrogen-bond donors (Lipinski definition) is 1. The molecule has 0 unspecified atom stereocenters. The summed E-state index contributed by atoms with van der Waals surface area (Å²) in [5.74, 6) is 0.407. The van der Waals surface area contributed by atoms with E-state index in [1.807, 2.05) is 0 Å². The highest BCUT2D eigenvalue weighted by Crippen LogP contribution is 2.28. The van der Waals surface area contributed by atoms with Gasteiger partial charge in [0, 0.05) is 19.2 Å². The smallest absolute Gasteiger partial charge is 0.335 e. The summed E-state index contributed by atoms with van der Waals surface area (Å²) in [4.78, 5) is 35.2. The summed E-state index contributed by atoms with van der Waals surface area (Å²) in [5.41, 5.74) is 7.09. The van der Waals surface area contributed by atoms with Crippen molar-refractivity contribution in [1.82, 2.24) is 24.0 Å². The SMILES string of the molecule is C=CC(=O)N1CC(n2c(=O)n(-c3ccc(Oc4cccc(F)c4)cc3)c3c(N)ncnc32)C1. The second kappa shape index (κ2) is 7.90. The molecular formula is C23H19FN6O3. The fourth-order valence-electron chi connectivity index (χ4n) is 3.89. The highest BCUT2D eigenvalue weighted by Gasteiger charge is 2.34. The first-order valence-corrected chi connectivity index (χ1v) is 10.1. The number of hydrogen-bond acceptors (Lipinski definition) is 6. The number of carbonyl (C=O) groups excluding carboxylic acids is 1. The molecule has 9 nitrogen and oxygen atoms in total. The molecule has 0 radical (unpaired) electrons. The Labute approximate surface area is 187 Å². The Balaban J connectivity index is 1.52. The normalized spacial score (nSPS) is 13.7. The van der Waals surface area contributed by atoms with E-state index < -0.39 is 5.82 Å². The van der Waals surface area contributed by atoms with E-state index in [4.69, 9.17) is 10.5 Å². The molecule has 0 saturated carbocycles. The van der Waals surface area contributed by atoms with Gasteiger partial charge in [-0.2, -0.15) is 0 Å². The van der Waals surface area contributed by atoms with Crippen molar-refractivity contribution < 1.29 is 13.9 Å². The van der Waals surface area contributed by atoms with E-state index in [9.17, 15) is 14.0 Å². The lowest BCUT2D eigenvalue weighted by Crippen LogP contribution is -2.52. The van der Waals surface area contributed by atoms with Gasteiger partial charge in [0.05, 0.1) is 11.7 Å². The van der Waals surface area contributed by atoms with Crippen LogP contribution in [-0.4, -0.2) is 43.0 Å². The quantitative estimate of drug-likeness (QED) is 0.472. The number of carbonyl (C=O) groups is 1. The second-order valence-corrected chi connectivity index (χ2v) is 7.57. The average Bonchev–Trinajstić information content (AvgIpc) is 3.06. The Kier molecular flexibility index (Phi) is 4.89. The number of likely N-dealkylation sites (tertiary alicyclic amines) is 1. The van der Waals surface area contributed by atoms with Gasteiger partial charge in [0.1, 0.15) is 29.2 Å². The number of benzene rings is 2. The van der Waals surface area contributed by atoms with Crippen LogP contribution < -0.4 is 16.2 Å². The lowest BCUT2D eigenvalue weighted by molar-refractivity contribution is -0.131. The van der Waals surface area contributed by atoms with E-state index in [2.05, 4.69) is 16.5 Å². The largest absolute Gasteiger partial charge is 0.457 e. The highest BCUT2D eigenvalue weighted by molar-refractivity contribution is 5.88. The van der Waals surface area contributed by atoms with Crippen molar-refractivity contribution in [2.75, 3.05) is 18.8 Å². The highest BCUT2D eigenvalue weighted by atomic mass is 19.1. The molecule has 4 aromatic rings. The fraction of sp³-hybridized carbons (Fsp3) is 0.130. The lowest BCUT2D eigenvalue weighted by Gasteiger charge is -2.38. The molecule has 0 atom stereocenters. The maximum Gasteiger partial charge on any atom is 0.335 e. The monoisotopic (exact) mass is 446 g/mol. The van der Waals surface area contributed by atoms with Crippen molar-refractivity contribution >= 4 is 22.9 Å². The number of aromatic nitrogens is 4. The third-order valence-electron chi connectivity index (χ3n) is 5.52. The molecule has 1 aliphatic heterocycles. The summed E-state index contributed by atoms with van der Waals surface area (Å²) in [7, 11) is 0. The number of nitrogens with two attached hydrogens (primary N) is 1. The Hall–Kier alpha value is -4.47. The number of anilines is 1. The van der Waals surface area contributed by atoms with E-state index in [0.717, 1.165) is 0 Å². The third kappa shape index (κ3) is 3.51. The van der Waals surface area contributed by atoms with Crippen LogP contribution in [0.3, 0.4) is 0 Å². The van der Waals surface area contributed by atoms with Gasteiger partial charge in [-0.05, 0) is 42.5 Å². The summed E-state index contributed by atoms with van der Waals surface area (Å²) in [6.07, 6.45) is 2.55. The van der Waals surface area contributed by atoms with E-state index >= 15 is 0 Å². The van der Waals surface area contributed by atoms with Crippen molar-refractivity contribution in [3.8, 4) is 17.2 Å². The fourth-order valence-corrected chi connectivity index (χ4v) is 3.89. The molecule has 10 heteroatoms. The van der Waals surface area contributed by atoms with Gasteiger partial charge in [0.15, 0.2) is 11.5 Å². The molecule has 2 aromatic heterocycles. The van der Waals surface area contributed by atoms with E-state index in [1.54, 1.807) is 41.3 Å². The Morgan fingerprint density at radius 1 is 1.15 bits per heavy atom. The molecule has 1 fully saturated rings.